The number of amides is 1. The highest BCUT2D eigenvalue weighted by atomic mass is 16.3. The molecule has 0 unspecified atom stereocenters. The van der Waals surface area contributed by atoms with Crippen molar-refractivity contribution in [2.24, 2.45) is 5.10 Å². The van der Waals surface area contributed by atoms with Crippen molar-refractivity contribution in [2.45, 2.75) is 58.8 Å². The molecular weight excluding hydrogens is 336 g/mol. The van der Waals surface area contributed by atoms with Crippen molar-refractivity contribution in [3.63, 3.8) is 0 Å². The molecule has 0 aliphatic carbocycles. The Morgan fingerprint density at radius 3 is 2.00 bits per heavy atom. The van der Waals surface area contributed by atoms with E-state index in [1.807, 2.05) is 42.5 Å². The quantitative estimate of drug-likeness (QED) is 0.610. The van der Waals surface area contributed by atoms with Gasteiger partial charge in [-0.1, -0.05) is 71.9 Å². The fourth-order valence-corrected chi connectivity index (χ4v) is 2.87. The van der Waals surface area contributed by atoms with E-state index in [0.717, 1.165) is 22.3 Å². The van der Waals surface area contributed by atoms with Crippen molar-refractivity contribution in [3.8, 4) is 5.75 Å². The number of hydrazone groups is 1. The lowest BCUT2D eigenvalue weighted by molar-refractivity contribution is -0.120. The summed E-state index contributed by atoms with van der Waals surface area (Å²) in [6, 6.07) is 13.4. The number of benzene rings is 2. The first kappa shape index (κ1) is 20.7. The highest BCUT2D eigenvalue weighted by Gasteiger charge is 2.26. The molecule has 0 saturated carbocycles. The van der Waals surface area contributed by atoms with E-state index in [0.29, 0.717) is 5.75 Å². The van der Waals surface area contributed by atoms with Crippen LogP contribution in [0.5, 0.6) is 5.75 Å². The molecule has 2 aromatic carbocycles. The van der Waals surface area contributed by atoms with Gasteiger partial charge in [-0.2, -0.15) is 5.10 Å². The second-order valence-electron chi connectivity index (χ2n) is 8.92. The summed E-state index contributed by atoms with van der Waals surface area (Å²) in [5, 5.41) is 14.9. The molecule has 0 saturated heterocycles. The van der Waals surface area contributed by atoms with Crippen molar-refractivity contribution >= 4 is 12.1 Å². The summed E-state index contributed by atoms with van der Waals surface area (Å²) in [6.07, 6.45) is 1.92. The number of rotatable bonds is 4. The fourth-order valence-electron chi connectivity index (χ4n) is 2.87. The number of carbonyl (C=O) groups is 1. The van der Waals surface area contributed by atoms with Crippen LogP contribution in [-0.2, 0) is 22.0 Å². The van der Waals surface area contributed by atoms with Gasteiger partial charge in [-0.05, 0) is 34.1 Å². The van der Waals surface area contributed by atoms with Gasteiger partial charge in [0.25, 0.3) is 0 Å². The molecule has 144 valence electrons. The number of phenols is 1. The van der Waals surface area contributed by atoms with E-state index in [1.54, 1.807) is 6.21 Å². The SMILES string of the molecule is CC(C)(C)c1cc(/C=N\NC(=O)Cc2ccccc2)cc(C(C)(C)C)c1O. The summed E-state index contributed by atoms with van der Waals surface area (Å²) in [5.41, 5.74) is 5.70. The van der Waals surface area contributed by atoms with Gasteiger partial charge in [0.1, 0.15) is 5.75 Å². The first-order valence-corrected chi connectivity index (χ1v) is 9.22. The number of hydrogen-bond acceptors (Lipinski definition) is 3. The lowest BCUT2D eigenvalue weighted by Crippen LogP contribution is -2.20. The predicted molar refractivity (Wildman–Crippen MR) is 111 cm³/mol. The Kier molecular flexibility index (Phi) is 6.09. The number of phenolic OH excluding ortho intramolecular Hbond substituents is 1. The lowest BCUT2D eigenvalue weighted by Gasteiger charge is -2.27. The molecule has 0 atom stereocenters. The zero-order valence-electron chi connectivity index (χ0n) is 17.1. The van der Waals surface area contributed by atoms with Gasteiger partial charge in [0, 0.05) is 11.1 Å². The van der Waals surface area contributed by atoms with Crippen LogP contribution in [0.15, 0.2) is 47.6 Å². The lowest BCUT2D eigenvalue weighted by atomic mass is 9.78. The van der Waals surface area contributed by atoms with Crippen LogP contribution >= 0.6 is 0 Å². The molecule has 2 aromatic rings. The maximum Gasteiger partial charge on any atom is 0.244 e. The summed E-state index contributed by atoms with van der Waals surface area (Å²) in [7, 11) is 0. The van der Waals surface area contributed by atoms with Gasteiger partial charge in [0.15, 0.2) is 0 Å². The minimum atomic E-state index is -0.204. The molecule has 2 N–H and O–H groups in total. The molecule has 0 spiro atoms. The zero-order valence-corrected chi connectivity index (χ0v) is 17.1. The summed E-state index contributed by atoms with van der Waals surface area (Å²) in [5.74, 6) is 0.170. The molecule has 0 radical (unpaired) electrons. The number of nitrogens with zero attached hydrogens (tertiary/aromatic N) is 1. The van der Waals surface area contributed by atoms with Crippen LogP contribution in [0.4, 0.5) is 0 Å². The molecule has 0 aromatic heterocycles. The van der Waals surface area contributed by atoms with Crippen LogP contribution in [0.25, 0.3) is 0 Å². The average Bonchev–Trinajstić information content (AvgIpc) is 2.55. The highest BCUT2D eigenvalue weighted by molar-refractivity contribution is 5.84. The van der Waals surface area contributed by atoms with Gasteiger partial charge >= 0.3 is 0 Å². The third kappa shape index (κ3) is 5.68. The van der Waals surface area contributed by atoms with Crippen LogP contribution < -0.4 is 5.43 Å². The van der Waals surface area contributed by atoms with Gasteiger partial charge < -0.3 is 5.11 Å². The van der Waals surface area contributed by atoms with Crippen LogP contribution in [0, 0.1) is 0 Å². The van der Waals surface area contributed by atoms with Gasteiger partial charge in [-0.3, -0.25) is 4.79 Å². The normalized spacial score (nSPS) is 12.4. The van der Waals surface area contributed by atoms with Gasteiger partial charge in [0.2, 0.25) is 5.91 Å². The third-order valence-electron chi connectivity index (χ3n) is 4.36. The van der Waals surface area contributed by atoms with Crippen molar-refractivity contribution in [3.05, 3.63) is 64.7 Å². The van der Waals surface area contributed by atoms with E-state index >= 15 is 0 Å². The number of carbonyl (C=O) groups excluding carboxylic acids is 1. The van der Waals surface area contributed by atoms with Gasteiger partial charge in [0.05, 0.1) is 12.6 Å². The third-order valence-corrected chi connectivity index (χ3v) is 4.36. The summed E-state index contributed by atoms with van der Waals surface area (Å²) >= 11 is 0. The largest absolute Gasteiger partial charge is 0.507 e. The van der Waals surface area contributed by atoms with Crippen molar-refractivity contribution in [2.75, 3.05) is 0 Å². The Hall–Kier alpha value is -2.62. The molecule has 0 bridgehead atoms. The monoisotopic (exact) mass is 366 g/mol. The topological polar surface area (TPSA) is 61.7 Å². The smallest absolute Gasteiger partial charge is 0.244 e. The van der Waals surface area contributed by atoms with Crippen LogP contribution in [0.2, 0.25) is 0 Å². The first-order chi connectivity index (χ1) is 12.5. The summed E-state index contributed by atoms with van der Waals surface area (Å²) in [4.78, 5) is 12.0. The van der Waals surface area contributed by atoms with Crippen LogP contribution in [0.3, 0.4) is 0 Å². The summed E-state index contributed by atoms with van der Waals surface area (Å²) in [6.45, 7) is 12.4. The second kappa shape index (κ2) is 7.95. The number of hydrogen-bond donors (Lipinski definition) is 2. The molecule has 1 amide bonds. The van der Waals surface area contributed by atoms with E-state index < -0.39 is 0 Å². The molecule has 0 aliphatic heterocycles. The first-order valence-electron chi connectivity index (χ1n) is 9.22. The maximum absolute atomic E-state index is 12.0. The molecular formula is C23H30N2O2. The Labute approximate surface area is 162 Å². The van der Waals surface area contributed by atoms with Crippen LogP contribution in [0.1, 0.15) is 63.8 Å². The van der Waals surface area contributed by atoms with Crippen LogP contribution in [-0.4, -0.2) is 17.2 Å². The Morgan fingerprint density at radius 2 is 1.52 bits per heavy atom. The molecule has 27 heavy (non-hydrogen) atoms. The summed E-state index contributed by atoms with van der Waals surface area (Å²) < 4.78 is 0. The predicted octanol–water partition coefficient (Wildman–Crippen LogP) is 4.68. The van der Waals surface area contributed by atoms with E-state index in [1.165, 1.54) is 0 Å². The van der Waals surface area contributed by atoms with Crippen molar-refractivity contribution in [1.29, 1.82) is 0 Å². The molecule has 4 nitrogen and oxygen atoms in total. The molecule has 4 heteroatoms. The number of aromatic hydroxyl groups is 1. The molecule has 0 aliphatic rings. The van der Waals surface area contributed by atoms with Gasteiger partial charge in [-0.15, -0.1) is 0 Å². The highest BCUT2D eigenvalue weighted by Crippen LogP contribution is 2.39. The zero-order chi connectivity index (χ0) is 20.2. The van der Waals surface area contributed by atoms with Gasteiger partial charge in [-0.25, -0.2) is 5.43 Å². The van der Waals surface area contributed by atoms with Crippen molar-refractivity contribution < 1.29 is 9.90 Å². The Bertz CT molecular complexity index is 791. The average molecular weight is 367 g/mol. The molecule has 2 rings (SSSR count). The van der Waals surface area contributed by atoms with Crippen molar-refractivity contribution in [1.82, 2.24) is 5.43 Å². The minimum absolute atomic E-state index is 0.164. The molecule has 0 fully saturated rings. The number of nitrogens with one attached hydrogen (secondary N) is 1. The fraction of sp³-hybridized carbons (Fsp3) is 0.391. The van der Waals surface area contributed by atoms with E-state index in [9.17, 15) is 9.90 Å². The van der Waals surface area contributed by atoms with E-state index in [4.69, 9.17) is 0 Å². The van der Waals surface area contributed by atoms with E-state index in [2.05, 4.69) is 52.1 Å². The Balaban J connectivity index is 2.22. The standard InChI is InChI=1S/C23H30N2O2/c1-22(2,3)18-12-17(13-19(21(18)27)23(4,5)6)15-24-25-20(26)14-16-10-8-7-9-11-16/h7-13,15,27H,14H2,1-6H3,(H,25,26)/b24-15-. The minimum Gasteiger partial charge on any atom is -0.507 e. The molecule has 0 heterocycles. The maximum atomic E-state index is 12.0. The second-order valence-corrected chi connectivity index (χ2v) is 8.92. The van der Waals surface area contributed by atoms with E-state index in [-0.39, 0.29) is 23.2 Å². The Morgan fingerprint density at radius 1 is 1.00 bits per heavy atom.